The molecule has 1 N–H and O–H groups in total. The number of hydrogen-bond donors (Lipinski definition) is 1. The van der Waals surface area contributed by atoms with E-state index in [0.717, 1.165) is 11.1 Å². The van der Waals surface area contributed by atoms with Gasteiger partial charge in [-0.05, 0) is 5.56 Å². The van der Waals surface area contributed by atoms with E-state index < -0.39 is 0 Å². The van der Waals surface area contributed by atoms with Crippen molar-refractivity contribution in [1.82, 2.24) is 0 Å². The van der Waals surface area contributed by atoms with Crippen molar-refractivity contribution < 1.29 is 14.9 Å². The molecule has 1 aliphatic heterocycles. The molecule has 11 heavy (non-hydrogen) atoms. The summed E-state index contributed by atoms with van der Waals surface area (Å²) in [5.74, 6) is 0. The molecule has 1 aliphatic rings. The van der Waals surface area contributed by atoms with Gasteiger partial charge in [-0.2, -0.15) is 9.78 Å². The minimum atomic E-state index is -0.178. The van der Waals surface area contributed by atoms with Crippen LogP contribution < -0.4 is 0 Å². The molecule has 0 amide bonds. The predicted molar refractivity (Wildman–Crippen MR) is 37.3 cm³/mol. The van der Waals surface area contributed by atoms with Crippen molar-refractivity contribution >= 4 is 0 Å². The Hall–Kier alpha value is -0.900. The summed E-state index contributed by atoms with van der Waals surface area (Å²) in [6.45, 7) is 0.0761. The Morgan fingerprint density at radius 1 is 1.18 bits per heavy atom. The highest BCUT2D eigenvalue weighted by molar-refractivity contribution is 5.23. The van der Waals surface area contributed by atoms with E-state index in [1.165, 1.54) is 0 Å². The van der Waals surface area contributed by atoms with Crippen LogP contribution in [-0.4, -0.2) is 5.11 Å². The molecule has 0 atom stereocenters. The summed E-state index contributed by atoms with van der Waals surface area (Å²) in [6.07, 6.45) is -0.178. The average Bonchev–Trinajstić information content (AvgIpc) is 2.87. The molecule has 0 saturated carbocycles. The fourth-order valence-electron chi connectivity index (χ4n) is 0.919. The van der Waals surface area contributed by atoms with Crippen molar-refractivity contribution in [3.63, 3.8) is 0 Å². The van der Waals surface area contributed by atoms with E-state index >= 15 is 0 Å². The van der Waals surface area contributed by atoms with Crippen molar-refractivity contribution in [2.24, 2.45) is 0 Å². The minimum Gasteiger partial charge on any atom is -0.392 e. The zero-order valence-electron chi connectivity index (χ0n) is 5.86. The van der Waals surface area contributed by atoms with Gasteiger partial charge in [-0.15, -0.1) is 0 Å². The van der Waals surface area contributed by atoms with Crippen LogP contribution in [0.15, 0.2) is 24.3 Å². The Kier molecular flexibility index (Phi) is 1.62. The maximum atomic E-state index is 8.72. The van der Waals surface area contributed by atoms with E-state index in [0.29, 0.717) is 0 Å². The molecule has 2 rings (SSSR count). The first-order valence-corrected chi connectivity index (χ1v) is 3.42. The summed E-state index contributed by atoms with van der Waals surface area (Å²) in [6, 6.07) is 7.45. The molecule has 1 heterocycles. The van der Waals surface area contributed by atoms with Crippen LogP contribution in [0.3, 0.4) is 0 Å². The zero-order valence-corrected chi connectivity index (χ0v) is 5.86. The predicted octanol–water partition coefficient (Wildman–Crippen LogP) is 1.14. The Bertz CT molecular complexity index is 238. The average molecular weight is 152 g/mol. The fraction of sp³-hybridized carbons (Fsp3) is 0.250. The second-order valence-electron chi connectivity index (χ2n) is 2.42. The van der Waals surface area contributed by atoms with Gasteiger partial charge in [0.15, 0.2) is 0 Å². The van der Waals surface area contributed by atoms with Crippen molar-refractivity contribution in [3.05, 3.63) is 35.4 Å². The Morgan fingerprint density at radius 3 is 2.27 bits per heavy atom. The van der Waals surface area contributed by atoms with E-state index in [-0.39, 0.29) is 12.9 Å². The molecular weight excluding hydrogens is 144 g/mol. The SMILES string of the molecule is OCc1ccc(C2OO2)cc1. The number of hydrogen-bond acceptors (Lipinski definition) is 3. The highest BCUT2D eigenvalue weighted by Gasteiger charge is 2.27. The maximum absolute atomic E-state index is 8.72. The molecule has 0 bridgehead atoms. The third-order valence-corrected chi connectivity index (χ3v) is 1.63. The summed E-state index contributed by atoms with van der Waals surface area (Å²) in [7, 11) is 0. The first-order valence-electron chi connectivity index (χ1n) is 3.42. The smallest absolute Gasteiger partial charge is 0.249 e. The second-order valence-corrected chi connectivity index (χ2v) is 2.42. The van der Waals surface area contributed by atoms with Gasteiger partial charge < -0.3 is 5.11 Å². The van der Waals surface area contributed by atoms with Crippen molar-refractivity contribution in [2.75, 3.05) is 0 Å². The lowest BCUT2D eigenvalue weighted by molar-refractivity contribution is 0.0850. The van der Waals surface area contributed by atoms with E-state index in [1.54, 1.807) is 0 Å². The first kappa shape index (κ1) is 6.79. The van der Waals surface area contributed by atoms with Crippen LogP contribution >= 0.6 is 0 Å². The second kappa shape index (κ2) is 2.62. The number of benzene rings is 1. The van der Waals surface area contributed by atoms with E-state index in [4.69, 9.17) is 5.11 Å². The lowest BCUT2D eigenvalue weighted by atomic mass is 10.1. The van der Waals surface area contributed by atoms with Crippen molar-refractivity contribution in [2.45, 2.75) is 12.9 Å². The Labute approximate surface area is 64.1 Å². The molecular formula is C8H8O3. The summed E-state index contributed by atoms with van der Waals surface area (Å²) in [5.41, 5.74) is 1.89. The van der Waals surface area contributed by atoms with Gasteiger partial charge >= 0.3 is 0 Å². The lowest BCUT2D eigenvalue weighted by Crippen LogP contribution is -1.84. The minimum absolute atomic E-state index is 0.0761. The molecule has 0 spiro atoms. The summed E-state index contributed by atoms with van der Waals surface area (Å²) < 4.78 is 0. The van der Waals surface area contributed by atoms with Crippen molar-refractivity contribution in [1.29, 1.82) is 0 Å². The van der Waals surface area contributed by atoms with Crippen LogP contribution in [0.25, 0.3) is 0 Å². The summed E-state index contributed by atoms with van der Waals surface area (Å²) >= 11 is 0. The van der Waals surface area contributed by atoms with Crippen LogP contribution in [-0.2, 0) is 16.4 Å². The van der Waals surface area contributed by atoms with Crippen molar-refractivity contribution in [3.8, 4) is 0 Å². The summed E-state index contributed by atoms with van der Waals surface area (Å²) in [4.78, 5) is 9.21. The van der Waals surface area contributed by atoms with Crippen LogP contribution in [0, 0.1) is 0 Å². The Balaban J connectivity index is 2.19. The van der Waals surface area contributed by atoms with Gasteiger partial charge in [0.25, 0.3) is 0 Å². The molecule has 0 unspecified atom stereocenters. The lowest BCUT2D eigenvalue weighted by Gasteiger charge is -1.95. The molecule has 0 aliphatic carbocycles. The van der Waals surface area contributed by atoms with E-state index in [1.807, 2.05) is 24.3 Å². The molecule has 1 saturated heterocycles. The van der Waals surface area contributed by atoms with Gasteiger partial charge in [0.05, 0.1) is 6.61 Å². The van der Waals surface area contributed by atoms with E-state index in [2.05, 4.69) is 9.78 Å². The molecule has 0 aromatic heterocycles. The molecule has 1 fully saturated rings. The number of rotatable bonds is 2. The normalized spacial score (nSPS) is 16.8. The van der Waals surface area contributed by atoms with Gasteiger partial charge in [0.2, 0.25) is 6.29 Å². The first-order chi connectivity index (χ1) is 5.40. The number of aliphatic hydroxyl groups excluding tert-OH is 1. The van der Waals surface area contributed by atoms with Crippen LogP contribution in [0.4, 0.5) is 0 Å². The van der Waals surface area contributed by atoms with E-state index in [9.17, 15) is 0 Å². The fourth-order valence-corrected chi connectivity index (χ4v) is 0.919. The van der Waals surface area contributed by atoms with Gasteiger partial charge in [0, 0.05) is 5.56 Å². The van der Waals surface area contributed by atoms with Crippen LogP contribution in [0.1, 0.15) is 17.4 Å². The zero-order chi connectivity index (χ0) is 7.68. The van der Waals surface area contributed by atoms with Crippen LogP contribution in [0.5, 0.6) is 0 Å². The highest BCUT2D eigenvalue weighted by Crippen LogP contribution is 2.31. The molecule has 1 aromatic carbocycles. The van der Waals surface area contributed by atoms with Crippen LogP contribution in [0.2, 0.25) is 0 Å². The number of aliphatic hydroxyl groups is 1. The monoisotopic (exact) mass is 152 g/mol. The third kappa shape index (κ3) is 1.40. The summed E-state index contributed by atoms with van der Waals surface area (Å²) in [5, 5.41) is 8.72. The molecule has 0 radical (unpaired) electrons. The van der Waals surface area contributed by atoms with Gasteiger partial charge in [-0.1, -0.05) is 24.3 Å². The quantitative estimate of drug-likeness (QED) is 0.510. The third-order valence-electron chi connectivity index (χ3n) is 1.63. The largest absolute Gasteiger partial charge is 0.392 e. The highest BCUT2D eigenvalue weighted by atomic mass is 17.4. The van der Waals surface area contributed by atoms with Gasteiger partial charge in [-0.25, -0.2) is 0 Å². The van der Waals surface area contributed by atoms with Gasteiger partial charge in [0.1, 0.15) is 0 Å². The van der Waals surface area contributed by atoms with Gasteiger partial charge in [-0.3, -0.25) is 0 Å². The molecule has 3 heteroatoms. The maximum Gasteiger partial charge on any atom is 0.249 e. The molecule has 58 valence electrons. The topological polar surface area (TPSA) is 45.3 Å². The standard InChI is InChI=1S/C8H8O3/c9-5-6-1-3-7(4-2-6)8-10-11-8/h1-4,8-9H,5H2. The Morgan fingerprint density at radius 2 is 1.82 bits per heavy atom. The molecule has 1 aromatic rings. The molecule has 3 nitrogen and oxygen atoms in total.